The Morgan fingerprint density at radius 2 is 1.68 bits per heavy atom. The molecule has 1 aliphatic rings. The van der Waals surface area contributed by atoms with Crippen molar-refractivity contribution in [2.45, 2.75) is 26.8 Å². The van der Waals surface area contributed by atoms with Crippen molar-refractivity contribution in [3.63, 3.8) is 0 Å². The van der Waals surface area contributed by atoms with E-state index in [-0.39, 0.29) is 24.3 Å². The molecule has 28 heavy (non-hydrogen) atoms. The van der Waals surface area contributed by atoms with E-state index in [4.69, 9.17) is 4.74 Å². The number of hydrogen-bond acceptors (Lipinski definition) is 4. The molecule has 1 heterocycles. The first-order valence-electron chi connectivity index (χ1n) is 9.44. The van der Waals surface area contributed by atoms with E-state index in [0.717, 1.165) is 6.42 Å². The smallest absolute Gasteiger partial charge is 0.261 e. The number of ether oxygens (including phenoxy) is 1. The van der Waals surface area contributed by atoms with Crippen LogP contribution < -0.4 is 4.74 Å². The lowest BCUT2D eigenvalue weighted by Crippen LogP contribution is -2.30. The molecule has 0 spiro atoms. The van der Waals surface area contributed by atoms with Crippen LogP contribution in [0.4, 0.5) is 0 Å². The number of rotatable bonds is 7. The van der Waals surface area contributed by atoms with Gasteiger partial charge >= 0.3 is 0 Å². The van der Waals surface area contributed by atoms with E-state index in [1.54, 1.807) is 54.4 Å². The summed E-state index contributed by atoms with van der Waals surface area (Å²) in [6.45, 7) is 5.04. The maximum Gasteiger partial charge on any atom is 0.261 e. The Morgan fingerprint density at radius 1 is 1.04 bits per heavy atom. The minimum absolute atomic E-state index is 0.108. The van der Waals surface area contributed by atoms with Gasteiger partial charge in [-0.25, -0.2) is 0 Å². The Kier molecular flexibility index (Phi) is 5.78. The van der Waals surface area contributed by atoms with Gasteiger partial charge in [0, 0.05) is 13.6 Å². The molecule has 0 aromatic heterocycles. The van der Waals surface area contributed by atoms with Gasteiger partial charge in [-0.3, -0.25) is 19.3 Å². The standard InChI is InChI=1S/C22H24N2O4/c1-4-12-23(3)20(25)18-13-15(10-11-19(18)28-5-2)14-24-21(26)16-8-6-7-9-17(16)22(24)27/h6-11,13H,4-5,12,14H2,1-3H3. The summed E-state index contributed by atoms with van der Waals surface area (Å²) >= 11 is 0. The maximum absolute atomic E-state index is 12.8. The van der Waals surface area contributed by atoms with E-state index in [0.29, 0.717) is 41.2 Å². The summed E-state index contributed by atoms with van der Waals surface area (Å²) in [6.07, 6.45) is 0.848. The fourth-order valence-corrected chi connectivity index (χ4v) is 3.33. The van der Waals surface area contributed by atoms with Gasteiger partial charge in [0.05, 0.1) is 29.8 Å². The summed E-state index contributed by atoms with van der Waals surface area (Å²) in [4.78, 5) is 40.9. The Labute approximate surface area is 164 Å². The highest BCUT2D eigenvalue weighted by Gasteiger charge is 2.35. The molecule has 0 saturated heterocycles. The summed E-state index contributed by atoms with van der Waals surface area (Å²) in [7, 11) is 1.75. The van der Waals surface area contributed by atoms with Crippen molar-refractivity contribution in [2.75, 3.05) is 20.2 Å². The number of fused-ring (bicyclic) bond motifs is 1. The average Bonchev–Trinajstić information content (AvgIpc) is 2.94. The molecule has 0 saturated carbocycles. The van der Waals surface area contributed by atoms with Crippen molar-refractivity contribution in [3.8, 4) is 5.75 Å². The molecule has 0 radical (unpaired) electrons. The molecular formula is C22H24N2O4. The van der Waals surface area contributed by atoms with Crippen LogP contribution in [0.15, 0.2) is 42.5 Å². The molecule has 0 fully saturated rings. The summed E-state index contributed by atoms with van der Waals surface area (Å²) in [5.41, 5.74) is 1.97. The number of hydrogen-bond donors (Lipinski definition) is 0. The van der Waals surface area contributed by atoms with Crippen molar-refractivity contribution in [2.24, 2.45) is 0 Å². The molecule has 0 N–H and O–H groups in total. The number of benzene rings is 2. The third-order valence-electron chi connectivity index (χ3n) is 4.70. The quantitative estimate of drug-likeness (QED) is 0.691. The molecule has 2 aromatic rings. The molecule has 0 atom stereocenters. The van der Waals surface area contributed by atoms with Gasteiger partial charge in [0.2, 0.25) is 0 Å². The molecule has 2 aromatic carbocycles. The zero-order chi connectivity index (χ0) is 20.3. The van der Waals surface area contributed by atoms with Crippen LogP contribution in [-0.4, -0.2) is 47.7 Å². The van der Waals surface area contributed by atoms with Crippen molar-refractivity contribution < 1.29 is 19.1 Å². The summed E-state index contributed by atoms with van der Waals surface area (Å²) < 4.78 is 5.61. The van der Waals surface area contributed by atoms with Gasteiger partial charge in [0.15, 0.2) is 0 Å². The molecule has 1 aliphatic heterocycles. The maximum atomic E-state index is 12.8. The lowest BCUT2D eigenvalue weighted by molar-refractivity contribution is 0.0642. The molecule has 0 aliphatic carbocycles. The number of nitrogens with zero attached hydrogens (tertiary/aromatic N) is 2. The van der Waals surface area contributed by atoms with Crippen LogP contribution in [0.25, 0.3) is 0 Å². The van der Waals surface area contributed by atoms with Crippen LogP contribution in [0.5, 0.6) is 5.75 Å². The molecule has 3 amide bonds. The first kappa shape index (κ1) is 19.6. The molecule has 0 unspecified atom stereocenters. The molecule has 6 nitrogen and oxygen atoms in total. The van der Waals surface area contributed by atoms with E-state index >= 15 is 0 Å². The Morgan fingerprint density at radius 3 is 2.25 bits per heavy atom. The average molecular weight is 380 g/mol. The van der Waals surface area contributed by atoms with E-state index in [1.165, 1.54) is 4.90 Å². The predicted octanol–water partition coefficient (Wildman–Crippen LogP) is 3.36. The predicted molar refractivity (Wildman–Crippen MR) is 106 cm³/mol. The van der Waals surface area contributed by atoms with Gasteiger partial charge in [-0.15, -0.1) is 0 Å². The van der Waals surface area contributed by atoms with Crippen molar-refractivity contribution in [1.29, 1.82) is 0 Å². The molecular weight excluding hydrogens is 356 g/mol. The van der Waals surface area contributed by atoms with E-state index in [1.807, 2.05) is 13.8 Å². The topological polar surface area (TPSA) is 66.9 Å². The van der Waals surface area contributed by atoms with Crippen LogP contribution in [0, 0.1) is 0 Å². The molecule has 0 bridgehead atoms. The summed E-state index contributed by atoms with van der Waals surface area (Å²) in [6, 6.07) is 12.0. The third kappa shape index (κ3) is 3.63. The summed E-state index contributed by atoms with van der Waals surface area (Å²) in [5, 5.41) is 0. The second-order valence-corrected chi connectivity index (χ2v) is 6.73. The lowest BCUT2D eigenvalue weighted by atomic mass is 10.1. The Balaban J connectivity index is 1.89. The monoisotopic (exact) mass is 380 g/mol. The van der Waals surface area contributed by atoms with Crippen LogP contribution >= 0.6 is 0 Å². The second-order valence-electron chi connectivity index (χ2n) is 6.73. The van der Waals surface area contributed by atoms with E-state index < -0.39 is 0 Å². The Hall–Kier alpha value is -3.15. The van der Waals surface area contributed by atoms with Gasteiger partial charge in [0.1, 0.15) is 5.75 Å². The largest absolute Gasteiger partial charge is 0.493 e. The van der Waals surface area contributed by atoms with E-state index in [9.17, 15) is 14.4 Å². The second kappa shape index (κ2) is 8.25. The normalized spacial score (nSPS) is 12.9. The van der Waals surface area contributed by atoms with Gasteiger partial charge < -0.3 is 9.64 Å². The van der Waals surface area contributed by atoms with Gasteiger partial charge in [-0.1, -0.05) is 25.1 Å². The molecule has 3 rings (SSSR count). The highest BCUT2D eigenvalue weighted by molar-refractivity contribution is 6.21. The van der Waals surface area contributed by atoms with Crippen LogP contribution in [0.1, 0.15) is 56.9 Å². The van der Waals surface area contributed by atoms with Gasteiger partial charge in [-0.05, 0) is 43.2 Å². The molecule has 6 heteroatoms. The van der Waals surface area contributed by atoms with Crippen molar-refractivity contribution >= 4 is 17.7 Å². The number of imide groups is 1. The molecule has 146 valence electrons. The number of carbonyl (C=O) groups is 3. The fraction of sp³-hybridized carbons (Fsp3) is 0.318. The van der Waals surface area contributed by atoms with Crippen LogP contribution in [0.3, 0.4) is 0 Å². The zero-order valence-electron chi connectivity index (χ0n) is 16.4. The first-order valence-corrected chi connectivity index (χ1v) is 9.44. The number of amides is 3. The summed E-state index contributed by atoms with van der Waals surface area (Å²) in [5.74, 6) is -0.271. The highest BCUT2D eigenvalue weighted by Crippen LogP contribution is 2.27. The van der Waals surface area contributed by atoms with E-state index in [2.05, 4.69) is 0 Å². The fourth-order valence-electron chi connectivity index (χ4n) is 3.33. The minimum Gasteiger partial charge on any atom is -0.493 e. The van der Waals surface area contributed by atoms with Gasteiger partial charge in [0.25, 0.3) is 17.7 Å². The lowest BCUT2D eigenvalue weighted by Gasteiger charge is -2.20. The Bertz CT molecular complexity index is 888. The first-order chi connectivity index (χ1) is 13.5. The highest BCUT2D eigenvalue weighted by atomic mass is 16.5. The minimum atomic E-state index is -0.314. The number of carbonyl (C=O) groups excluding carboxylic acids is 3. The van der Waals surface area contributed by atoms with Crippen LogP contribution in [0.2, 0.25) is 0 Å². The zero-order valence-corrected chi connectivity index (χ0v) is 16.4. The van der Waals surface area contributed by atoms with Crippen LogP contribution in [-0.2, 0) is 6.54 Å². The van der Waals surface area contributed by atoms with Crippen molar-refractivity contribution in [1.82, 2.24) is 9.80 Å². The van der Waals surface area contributed by atoms with Crippen molar-refractivity contribution in [3.05, 3.63) is 64.7 Å². The SMILES string of the molecule is CCCN(C)C(=O)c1cc(CN2C(=O)c3ccccc3C2=O)ccc1OCC. The third-order valence-corrected chi connectivity index (χ3v) is 4.70. The van der Waals surface area contributed by atoms with Gasteiger partial charge in [-0.2, -0.15) is 0 Å².